The molecule has 17 heteroatoms. The Labute approximate surface area is 399 Å². The summed E-state index contributed by atoms with van der Waals surface area (Å²) in [5.74, 6) is 3.58. The van der Waals surface area contributed by atoms with Crippen LogP contribution in [0.5, 0.6) is 0 Å². The summed E-state index contributed by atoms with van der Waals surface area (Å²) < 4.78 is 23.0. The molecule has 3 rings (SSSR count). The number of benzene rings is 1. The van der Waals surface area contributed by atoms with Crippen molar-refractivity contribution >= 4 is 53.8 Å². The van der Waals surface area contributed by atoms with E-state index in [2.05, 4.69) is 4.90 Å². The summed E-state index contributed by atoms with van der Waals surface area (Å²) in [6, 6.07) is 7.84. The molecule has 0 bridgehead atoms. The molecule has 2 saturated heterocycles. The SMILES string of the molecule is CC(C)(C)OC(=O)N1CCSCCCN(Cc2ccc(C(=O)N3CCCN(C(=O)OC(C)(C)C)CCN(C(=O)OC(C)(C)C)CCCN(C(=O)OC(C)(C)C)CC3)cc2)CCCSCC1. The number of amides is 5. The van der Waals surface area contributed by atoms with Crippen molar-refractivity contribution in [2.45, 2.75) is 138 Å². The largest absolute Gasteiger partial charge is 0.444 e. The van der Waals surface area contributed by atoms with Gasteiger partial charge in [-0.25, -0.2) is 19.2 Å². The fourth-order valence-electron chi connectivity index (χ4n) is 6.98. The van der Waals surface area contributed by atoms with E-state index in [9.17, 15) is 24.0 Å². The third-order valence-corrected chi connectivity index (χ3v) is 12.1. The smallest absolute Gasteiger partial charge is 0.410 e. The highest BCUT2D eigenvalue weighted by Gasteiger charge is 2.29. The van der Waals surface area contributed by atoms with Crippen molar-refractivity contribution in [2.24, 2.45) is 0 Å². The second-order valence-electron chi connectivity index (χ2n) is 20.8. The zero-order chi connectivity index (χ0) is 48.4. The van der Waals surface area contributed by atoms with Gasteiger partial charge in [0.1, 0.15) is 22.4 Å². The highest BCUT2D eigenvalue weighted by molar-refractivity contribution is 7.99. The van der Waals surface area contributed by atoms with E-state index in [0.717, 1.165) is 61.1 Å². The molecular formula is C48H82N6O9S2. The topological polar surface area (TPSA) is 142 Å². The van der Waals surface area contributed by atoms with Crippen LogP contribution in [-0.4, -0.2) is 184 Å². The second kappa shape index (κ2) is 26.1. The number of carbonyl (C=O) groups excluding carboxylic acids is 5. The number of thioether (sulfide) groups is 2. The molecule has 1 aromatic rings. The molecule has 0 radical (unpaired) electrons. The molecule has 0 spiro atoms. The Morgan fingerprint density at radius 3 is 1.09 bits per heavy atom. The van der Waals surface area contributed by atoms with E-state index in [1.54, 1.807) is 40.4 Å². The van der Waals surface area contributed by atoms with Gasteiger partial charge < -0.3 is 43.4 Å². The molecule has 2 fully saturated rings. The third-order valence-electron chi connectivity index (χ3n) is 10.0. The number of ether oxygens (including phenoxy) is 4. The van der Waals surface area contributed by atoms with Gasteiger partial charge in [0.15, 0.2) is 0 Å². The predicted molar refractivity (Wildman–Crippen MR) is 262 cm³/mol. The first kappa shape index (κ1) is 55.8. The quantitative estimate of drug-likeness (QED) is 0.267. The molecule has 0 aliphatic carbocycles. The molecule has 0 N–H and O–H groups in total. The summed E-state index contributed by atoms with van der Waals surface area (Å²) in [6.45, 7) is 28.1. The van der Waals surface area contributed by atoms with Crippen LogP contribution in [0.2, 0.25) is 0 Å². The Morgan fingerprint density at radius 1 is 0.415 bits per heavy atom. The van der Waals surface area contributed by atoms with Crippen LogP contribution in [-0.2, 0) is 25.5 Å². The average molecular weight is 951 g/mol. The third kappa shape index (κ3) is 23.1. The van der Waals surface area contributed by atoms with E-state index in [4.69, 9.17) is 18.9 Å². The van der Waals surface area contributed by atoms with E-state index in [1.165, 1.54) is 0 Å². The average Bonchev–Trinajstić information content (AvgIpc) is 3.17. The fraction of sp³-hybridized carbons (Fsp3) is 0.771. The Hall–Kier alpha value is -3.57. The summed E-state index contributed by atoms with van der Waals surface area (Å²) in [4.78, 5) is 78.5. The van der Waals surface area contributed by atoms with Gasteiger partial charge in [0.2, 0.25) is 0 Å². The van der Waals surface area contributed by atoms with Gasteiger partial charge in [0.05, 0.1) is 0 Å². The molecule has 0 unspecified atom stereocenters. The summed E-state index contributed by atoms with van der Waals surface area (Å²) in [5, 5.41) is 0. The first-order chi connectivity index (χ1) is 30.3. The number of rotatable bonds is 3. The lowest BCUT2D eigenvalue weighted by atomic mass is 10.1. The maximum Gasteiger partial charge on any atom is 0.410 e. The van der Waals surface area contributed by atoms with Gasteiger partial charge in [-0.15, -0.1) is 0 Å². The van der Waals surface area contributed by atoms with Crippen LogP contribution < -0.4 is 0 Å². The van der Waals surface area contributed by atoms with Crippen molar-refractivity contribution in [3.63, 3.8) is 0 Å². The lowest BCUT2D eigenvalue weighted by Gasteiger charge is -2.34. The highest BCUT2D eigenvalue weighted by Crippen LogP contribution is 2.19. The van der Waals surface area contributed by atoms with Gasteiger partial charge in [-0.1, -0.05) is 12.1 Å². The van der Waals surface area contributed by atoms with Gasteiger partial charge in [0.25, 0.3) is 5.91 Å². The first-order valence-electron chi connectivity index (χ1n) is 23.5. The van der Waals surface area contributed by atoms with Crippen molar-refractivity contribution in [1.29, 1.82) is 0 Å². The van der Waals surface area contributed by atoms with Gasteiger partial charge in [0, 0.05) is 89.1 Å². The van der Waals surface area contributed by atoms with Crippen LogP contribution in [0.3, 0.4) is 0 Å². The summed E-state index contributed by atoms with van der Waals surface area (Å²) in [7, 11) is 0. The van der Waals surface area contributed by atoms with Crippen LogP contribution >= 0.6 is 23.5 Å². The highest BCUT2D eigenvalue weighted by atomic mass is 32.2. The standard InChI is InChI=1S/C48H82N6O9S2/c1-45(2,3)60-41(56)51-25-14-26-53(43(58)62-47(7,8)9)30-29-52(42(57)61-46(4,5)6)24-13-23-50(27-28-51)40(55)39-19-17-38(18-20-39)37-49-21-15-33-64-35-31-54(32-36-65-34-16-22-49)44(59)63-48(10,11)12/h17-20H,13-16,21-37H2,1-12H3. The molecular weight excluding hydrogens is 869 g/mol. The van der Waals surface area contributed by atoms with Crippen LogP contribution in [0.25, 0.3) is 0 Å². The zero-order valence-corrected chi connectivity index (χ0v) is 43.5. The van der Waals surface area contributed by atoms with Crippen molar-refractivity contribution in [3.05, 3.63) is 35.4 Å². The van der Waals surface area contributed by atoms with Crippen molar-refractivity contribution in [2.75, 3.05) is 102 Å². The normalized spacial score (nSPS) is 18.5. The van der Waals surface area contributed by atoms with Crippen molar-refractivity contribution in [3.8, 4) is 0 Å². The van der Waals surface area contributed by atoms with E-state index >= 15 is 0 Å². The fourth-order valence-corrected chi connectivity index (χ4v) is 8.76. The Bertz CT molecular complexity index is 1640. The van der Waals surface area contributed by atoms with E-state index in [-0.39, 0.29) is 57.8 Å². The lowest BCUT2D eigenvalue weighted by molar-refractivity contribution is 0.0102. The zero-order valence-electron chi connectivity index (χ0n) is 41.8. The molecule has 2 heterocycles. The lowest BCUT2D eigenvalue weighted by Crippen LogP contribution is -2.48. The molecule has 0 aromatic heterocycles. The van der Waals surface area contributed by atoms with Gasteiger partial charge in [-0.05, 0) is 151 Å². The maximum atomic E-state index is 14.4. The molecule has 2 aliphatic rings. The minimum atomic E-state index is -0.728. The molecule has 65 heavy (non-hydrogen) atoms. The summed E-state index contributed by atoms with van der Waals surface area (Å²) in [5.41, 5.74) is -1.02. The molecule has 0 saturated carbocycles. The molecule has 15 nitrogen and oxygen atoms in total. The Kier molecular flexibility index (Phi) is 22.4. The number of carbonyl (C=O) groups is 5. The minimum absolute atomic E-state index is 0.162. The molecule has 5 amide bonds. The van der Waals surface area contributed by atoms with Crippen LogP contribution in [0, 0.1) is 0 Å². The predicted octanol–water partition coefficient (Wildman–Crippen LogP) is 8.93. The second-order valence-corrected chi connectivity index (χ2v) is 23.2. The van der Waals surface area contributed by atoms with Crippen LogP contribution in [0.15, 0.2) is 24.3 Å². The van der Waals surface area contributed by atoms with Crippen LogP contribution in [0.4, 0.5) is 19.2 Å². The number of nitrogens with zero attached hydrogens (tertiary/aromatic N) is 6. The summed E-state index contributed by atoms with van der Waals surface area (Å²) >= 11 is 3.73. The number of hydrogen-bond acceptors (Lipinski definition) is 12. The Morgan fingerprint density at radius 2 is 0.738 bits per heavy atom. The van der Waals surface area contributed by atoms with Gasteiger partial charge in [-0.2, -0.15) is 23.5 Å². The van der Waals surface area contributed by atoms with Crippen molar-refractivity contribution in [1.82, 2.24) is 29.4 Å². The molecule has 0 atom stereocenters. The molecule has 1 aromatic carbocycles. The molecule has 370 valence electrons. The van der Waals surface area contributed by atoms with E-state index < -0.39 is 40.7 Å². The van der Waals surface area contributed by atoms with E-state index in [1.807, 2.05) is 115 Å². The first-order valence-corrected chi connectivity index (χ1v) is 25.8. The van der Waals surface area contributed by atoms with Gasteiger partial charge in [-0.3, -0.25) is 9.69 Å². The van der Waals surface area contributed by atoms with Crippen LogP contribution in [0.1, 0.15) is 125 Å². The molecule has 2 aliphatic heterocycles. The number of hydrogen-bond donors (Lipinski definition) is 0. The maximum absolute atomic E-state index is 14.4. The van der Waals surface area contributed by atoms with Crippen molar-refractivity contribution < 1.29 is 42.9 Å². The van der Waals surface area contributed by atoms with E-state index in [0.29, 0.717) is 38.0 Å². The minimum Gasteiger partial charge on any atom is -0.444 e. The summed E-state index contributed by atoms with van der Waals surface area (Å²) in [6.07, 6.45) is 1.20. The Balaban J connectivity index is 1.76. The van der Waals surface area contributed by atoms with Gasteiger partial charge >= 0.3 is 24.4 Å². The monoisotopic (exact) mass is 951 g/mol.